The van der Waals surface area contributed by atoms with Gasteiger partial charge < -0.3 is 25.0 Å². The molecule has 0 bridgehead atoms. The van der Waals surface area contributed by atoms with Gasteiger partial charge >= 0.3 is 0 Å². The zero-order valence-electron chi connectivity index (χ0n) is 21.6. The molecule has 0 aliphatic carbocycles. The molecule has 1 aromatic heterocycles. The zero-order chi connectivity index (χ0) is 27.3. The fourth-order valence-electron chi connectivity index (χ4n) is 5.46. The number of likely N-dealkylation sites (tertiary alicyclic amines) is 1. The number of fused-ring (bicyclic) bond motifs is 1. The van der Waals surface area contributed by atoms with E-state index in [0.29, 0.717) is 53.6 Å². The summed E-state index contributed by atoms with van der Waals surface area (Å²) in [6.45, 7) is 2.03. The van der Waals surface area contributed by atoms with E-state index < -0.39 is 23.6 Å². The predicted octanol–water partition coefficient (Wildman–Crippen LogP) is 4.67. The number of piperidine rings is 1. The first kappa shape index (κ1) is 28.3. The molecule has 0 amide bonds. The van der Waals surface area contributed by atoms with Gasteiger partial charge in [-0.15, -0.1) is 0 Å². The van der Waals surface area contributed by atoms with E-state index in [-0.39, 0.29) is 18.6 Å². The molecule has 3 N–H and O–H groups in total. The number of halogens is 3. The Morgan fingerprint density at radius 1 is 1.08 bits per heavy atom. The average Bonchev–Trinajstić information content (AvgIpc) is 2.94. The normalized spacial score (nSPS) is 16.6. The van der Waals surface area contributed by atoms with E-state index in [1.165, 1.54) is 0 Å². The Kier molecular flexibility index (Phi) is 9.25. The predicted molar refractivity (Wildman–Crippen MR) is 138 cm³/mol. The van der Waals surface area contributed by atoms with Crippen molar-refractivity contribution >= 4 is 10.9 Å². The van der Waals surface area contributed by atoms with Gasteiger partial charge in [0.05, 0.1) is 25.3 Å². The number of hydrogen-bond acceptors (Lipinski definition) is 6. The van der Waals surface area contributed by atoms with Crippen LogP contribution in [0.2, 0.25) is 0 Å². The van der Waals surface area contributed by atoms with Crippen molar-refractivity contribution < 1.29 is 33.2 Å². The summed E-state index contributed by atoms with van der Waals surface area (Å²) in [5.74, 6) is -3.15. The van der Waals surface area contributed by atoms with E-state index in [0.717, 1.165) is 50.0 Å². The summed E-state index contributed by atoms with van der Waals surface area (Å²) in [5.41, 5.74) is 2.01. The van der Waals surface area contributed by atoms with Crippen LogP contribution in [0.3, 0.4) is 0 Å². The second kappa shape index (κ2) is 12.4. The monoisotopic (exact) mass is 532 g/mol. The summed E-state index contributed by atoms with van der Waals surface area (Å²) >= 11 is 0. The molecule has 0 unspecified atom stereocenters. The highest BCUT2D eigenvalue weighted by atomic mass is 19.2. The lowest BCUT2D eigenvalue weighted by atomic mass is 9.74. The Hall–Kier alpha value is -2.72. The summed E-state index contributed by atoms with van der Waals surface area (Å²) in [4.78, 5) is 6.65. The molecule has 6 nitrogen and oxygen atoms in total. The van der Waals surface area contributed by atoms with Crippen LogP contribution in [0.5, 0.6) is 5.75 Å². The topological polar surface area (TPSA) is 86.0 Å². The maximum atomic E-state index is 13.4. The highest BCUT2D eigenvalue weighted by molar-refractivity contribution is 5.85. The molecular weight excluding hydrogens is 497 g/mol. The molecule has 9 heteroatoms. The van der Waals surface area contributed by atoms with Crippen LogP contribution in [0.4, 0.5) is 13.2 Å². The largest absolute Gasteiger partial charge is 0.497 e. The van der Waals surface area contributed by atoms with Gasteiger partial charge in [0, 0.05) is 23.8 Å². The lowest BCUT2D eigenvalue weighted by Gasteiger charge is -2.41. The number of aliphatic hydroxyl groups is 3. The van der Waals surface area contributed by atoms with Gasteiger partial charge in [-0.25, -0.2) is 13.2 Å². The number of aromatic nitrogens is 1. The van der Waals surface area contributed by atoms with E-state index in [1.807, 2.05) is 12.1 Å². The first-order valence-corrected chi connectivity index (χ1v) is 13.0. The van der Waals surface area contributed by atoms with Crippen LogP contribution in [-0.2, 0) is 13.0 Å². The maximum Gasteiger partial charge on any atom is 0.194 e. The number of nitrogens with zero attached hydrogens (tertiary/aromatic N) is 2. The number of benzene rings is 2. The Bertz CT molecular complexity index is 1220. The first-order chi connectivity index (χ1) is 18.3. The Morgan fingerprint density at radius 2 is 1.79 bits per heavy atom. The van der Waals surface area contributed by atoms with Crippen molar-refractivity contribution in [2.24, 2.45) is 5.41 Å². The zero-order valence-corrected chi connectivity index (χ0v) is 21.6. The molecule has 3 aromatic rings. The molecule has 0 saturated carbocycles. The van der Waals surface area contributed by atoms with Crippen molar-refractivity contribution in [1.82, 2.24) is 9.88 Å². The molecule has 0 radical (unpaired) electrons. The van der Waals surface area contributed by atoms with Gasteiger partial charge in [0.25, 0.3) is 0 Å². The third-order valence-electron chi connectivity index (χ3n) is 7.89. The molecule has 1 aliphatic rings. The van der Waals surface area contributed by atoms with Crippen molar-refractivity contribution in [2.75, 3.05) is 33.4 Å². The van der Waals surface area contributed by atoms with Crippen molar-refractivity contribution in [3.63, 3.8) is 0 Å². The molecule has 1 aliphatic heterocycles. The van der Waals surface area contributed by atoms with Gasteiger partial charge in [0.1, 0.15) is 5.75 Å². The molecule has 1 saturated heterocycles. The lowest BCUT2D eigenvalue weighted by molar-refractivity contribution is 0.0232. The van der Waals surface area contributed by atoms with Crippen LogP contribution < -0.4 is 4.74 Å². The van der Waals surface area contributed by atoms with Crippen LogP contribution in [0, 0.1) is 22.9 Å². The van der Waals surface area contributed by atoms with Gasteiger partial charge in [0.2, 0.25) is 0 Å². The second-order valence-corrected chi connectivity index (χ2v) is 10.3. The third-order valence-corrected chi connectivity index (χ3v) is 7.89. The number of hydrogen-bond donors (Lipinski definition) is 3. The SMILES string of the molecule is COc1ccc2ncc(CO)c([C@@H](O)CCC3(CO)CCN(CCCc4cc(F)c(F)c(F)c4)CC3)c2c1. The minimum absolute atomic E-state index is 0.0134. The molecule has 0 spiro atoms. The number of pyridine rings is 1. The Balaban J connectivity index is 1.34. The number of aliphatic hydroxyl groups excluding tert-OH is 3. The van der Waals surface area contributed by atoms with Crippen molar-refractivity contribution in [1.29, 1.82) is 0 Å². The van der Waals surface area contributed by atoms with Crippen molar-refractivity contribution in [2.45, 2.75) is 51.2 Å². The molecule has 2 heterocycles. The second-order valence-electron chi connectivity index (χ2n) is 10.3. The minimum Gasteiger partial charge on any atom is -0.497 e. The average molecular weight is 533 g/mol. The molecule has 2 aromatic carbocycles. The number of rotatable bonds is 11. The molecule has 4 rings (SSSR count). The molecule has 38 heavy (non-hydrogen) atoms. The van der Waals surface area contributed by atoms with Gasteiger partial charge in [0.15, 0.2) is 17.5 Å². The smallest absolute Gasteiger partial charge is 0.194 e. The minimum atomic E-state index is -1.44. The van der Waals surface area contributed by atoms with E-state index >= 15 is 0 Å². The lowest BCUT2D eigenvalue weighted by Crippen LogP contribution is -2.42. The van der Waals surface area contributed by atoms with Crippen molar-refractivity contribution in [3.05, 3.63) is 70.7 Å². The summed E-state index contributed by atoms with van der Waals surface area (Å²) in [5, 5.41) is 32.1. The van der Waals surface area contributed by atoms with Crippen LogP contribution in [0.15, 0.2) is 36.5 Å². The van der Waals surface area contributed by atoms with Crippen LogP contribution in [0.1, 0.15) is 54.9 Å². The number of aryl methyl sites for hydroxylation is 1. The molecule has 1 fully saturated rings. The summed E-state index contributed by atoms with van der Waals surface area (Å²) in [6.07, 6.45) is 4.42. The van der Waals surface area contributed by atoms with Crippen LogP contribution >= 0.6 is 0 Å². The molecule has 1 atom stereocenters. The molecular formula is C29H35F3N2O4. The molecule has 206 valence electrons. The Morgan fingerprint density at radius 3 is 2.42 bits per heavy atom. The number of methoxy groups -OCH3 is 1. The third kappa shape index (κ3) is 6.29. The highest BCUT2D eigenvalue weighted by Gasteiger charge is 2.34. The fraction of sp³-hybridized carbons (Fsp3) is 0.483. The Labute approximate surface area is 220 Å². The van der Waals surface area contributed by atoms with Crippen LogP contribution in [0.25, 0.3) is 10.9 Å². The summed E-state index contributed by atoms with van der Waals surface area (Å²) in [7, 11) is 1.57. The van der Waals surface area contributed by atoms with Gasteiger partial charge in [-0.3, -0.25) is 4.98 Å². The highest BCUT2D eigenvalue weighted by Crippen LogP contribution is 2.40. The standard InChI is InChI=1S/C29H35F3N2O4/c1-38-21-4-5-25-22(15-21)27(20(17-35)16-33-25)26(37)6-7-29(18-36)8-11-34(12-9-29)10-2-3-19-13-23(30)28(32)24(31)14-19/h4-5,13-16,26,35-37H,2-3,6-12,17-18H2,1H3/t26-/m0/s1. The maximum absolute atomic E-state index is 13.4. The van der Waals surface area contributed by atoms with Gasteiger partial charge in [-0.05, 0) is 105 Å². The number of ether oxygens (including phenoxy) is 1. The van der Waals surface area contributed by atoms with E-state index in [9.17, 15) is 28.5 Å². The summed E-state index contributed by atoms with van der Waals surface area (Å²) < 4.78 is 45.4. The van der Waals surface area contributed by atoms with Gasteiger partial charge in [-0.1, -0.05) is 0 Å². The van der Waals surface area contributed by atoms with E-state index in [2.05, 4.69) is 9.88 Å². The van der Waals surface area contributed by atoms with Crippen molar-refractivity contribution in [3.8, 4) is 5.75 Å². The van der Waals surface area contributed by atoms with E-state index in [1.54, 1.807) is 19.4 Å². The quantitative estimate of drug-likeness (QED) is 0.311. The van der Waals surface area contributed by atoms with Gasteiger partial charge in [-0.2, -0.15) is 0 Å². The van der Waals surface area contributed by atoms with Crippen LogP contribution in [-0.4, -0.2) is 58.6 Å². The fourth-order valence-corrected chi connectivity index (χ4v) is 5.46. The van der Waals surface area contributed by atoms with E-state index in [4.69, 9.17) is 4.74 Å². The summed E-state index contributed by atoms with van der Waals surface area (Å²) in [6, 6.07) is 7.52. The first-order valence-electron chi connectivity index (χ1n) is 13.0.